The van der Waals surface area contributed by atoms with Gasteiger partial charge in [0.25, 0.3) is 0 Å². The van der Waals surface area contributed by atoms with Gasteiger partial charge in [0, 0.05) is 6.61 Å². The Morgan fingerprint density at radius 1 is 1.25 bits per heavy atom. The van der Waals surface area contributed by atoms with Gasteiger partial charge < -0.3 is 5.11 Å². The first-order valence-electron chi connectivity index (χ1n) is 6.98. The first kappa shape index (κ1) is 10.8. The molecule has 1 heteroatoms. The van der Waals surface area contributed by atoms with Crippen LogP contribution in [0, 0.1) is 29.1 Å². The Labute approximate surface area is 98.9 Å². The van der Waals surface area contributed by atoms with Crippen LogP contribution >= 0.6 is 0 Å². The van der Waals surface area contributed by atoms with Gasteiger partial charge in [0.15, 0.2) is 0 Å². The van der Waals surface area contributed by atoms with Crippen LogP contribution in [-0.2, 0) is 0 Å². The SMILES string of the molecule is C=C1C2CC(CC2CO)C1(C)C1CCCC1. The van der Waals surface area contributed by atoms with Gasteiger partial charge in [-0.25, -0.2) is 0 Å². The molecule has 0 aliphatic heterocycles. The van der Waals surface area contributed by atoms with Crippen LogP contribution in [0.1, 0.15) is 45.4 Å². The summed E-state index contributed by atoms with van der Waals surface area (Å²) in [6.07, 6.45) is 8.26. The smallest absolute Gasteiger partial charge is 0.0465 e. The average molecular weight is 220 g/mol. The summed E-state index contributed by atoms with van der Waals surface area (Å²) < 4.78 is 0. The van der Waals surface area contributed by atoms with Gasteiger partial charge in [0.1, 0.15) is 0 Å². The quantitative estimate of drug-likeness (QED) is 0.707. The third kappa shape index (κ3) is 1.21. The van der Waals surface area contributed by atoms with Gasteiger partial charge in [0.05, 0.1) is 0 Å². The second kappa shape index (κ2) is 3.60. The van der Waals surface area contributed by atoms with Crippen LogP contribution in [0.5, 0.6) is 0 Å². The molecular weight excluding hydrogens is 196 g/mol. The maximum absolute atomic E-state index is 9.40. The largest absolute Gasteiger partial charge is 0.396 e. The van der Waals surface area contributed by atoms with E-state index in [2.05, 4.69) is 13.5 Å². The summed E-state index contributed by atoms with van der Waals surface area (Å²) in [7, 11) is 0. The van der Waals surface area contributed by atoms with Crippen LogP contribution in [0.4, 0.5) is 0 Å². The molecule has 4 unspecified atom stereocenters. The Balaban J connectivity index is 1.86. The Kier molecular flexibility index (Phi) is 2.43. The molecule has 1 nitrogen and oxygen atoms in total. The maximum Gasteiger partial charge on any atom is 0.0465 e. The van der Waals surface area contributed by atoms with Gasteiger partial charge in [-0.1, -0.05) is 31.9 Å². The van der Waals surface area contributed by atoms with E-state index in [1.54, 1.807) is 0 Å². The zero-order chi connectivity index (χ0) is 11.3. The summed E-state index contributed by atoms with van der Waals surface area (Å²) in [5.74, 6) is 2.90. The number of rotatable bonds is 2. The van der Waals surface area contributed by atoms with E-state index in [0.717, 1.165) is 11.8 Å². The topological polar surface area (TPSA) is 20.2 Å². The lowest BCUT2D eigenvalue weighted by Crippen LogP contribution is -2.36. The van der Waals surface area contributed by atoms with E-state index < -0.39 is 0 Å². The molecule has 2 bridgehead atoms. The molecule has 0 spiro atoms. The standard InChI is InChI=1S/C15H24O/c1-10-14-8-13(7-11(14)9-16)15(10,2)12-5-3-4-6-12/h11-14,16H,1,3-9H2,2H3. The lowest BCUT2D eigenvalue weighted by atomic mass is 9.61. The van der Waals surface area contributed by atoms with Crippen molar-refractivity contribution in [3.8, 4) is 0 Å². The van der Waals surface area contributed by atoms with Crippen LogP contribution in [0.3, 0.4) is 0 Å². The molecule has 1 N–H and O–H groups in total. The average Bonchev–Trinajstić information content (AvgIpc) is 2.98. The molecule has 16 heavy (non-hydrogen) atoms. The Morgan fingerprint density at radius 3 is 2.50 bits per heavy atom. The molecule has 3 fully saturated rings. The van der Waals surface area contributed by atoms with Crippen LogP contribution in [0.2, 0.25) is 0 Å². The summed E-state index contributed by atoms with van der Waals surface area (Å²) in [5, 5.41) is 9.40. The first-order valence-corrected chi connectivity index (χ1v) is 6.98. The van der Waals surface area contributed by atoms with Crippen molar-refractivity contribution in [3.05, 3.63) is 12.2 Å². The molecule has 0 heterocycles. The number of hydrogen-bond acceptors (Lipinski definition) is 1. The Bertz CT molecular complexity index is 303. The second-order valence-electron chi connectivity index (χ2n) is 6.51. The van der Waals surface area contributed by atoms with E-state index in [1.165, 1.54) is 44.1 Å². The second-order valence-corrected chi connectivity index (χ2v) is 6.51. The molecule has 0 aromatic heterocycles. The minimum atomic E-state index is 0.376. The highest BCUT2D eigenvalue weighted by atomic mass is 16.3. The number of allylic oxidation sites excluding steroid dienone is 1. The van der Waals surface area contributed by atoms with Gasteiger partial charge >= 0.3 is 0 Å². The van der Waals surface area contributed by atoms with E-state index in [-0.39, 0.29) is 0 Å². The molecule has 4 atom stereocenters. The normalized spacial score (nSPS) is 48.1. The first-order chi connectivity index (χ1) is 7.67. The minimum absolute atomic E-state index is 0.376. The van der Waals surface area contributed by atoms with Crippen molar-refractivity contribution in [3.63, 3.8) is 0 Å². The summed E-state index contributed by atoms with van der Waals surface area (Å²) in [5.41, 5.74) is 1.92. The molecule has 3 aliphatic rings. The highest BCUT2D eigenvalue weighted by Gasteiger charge is 2.57. The molecular formula is C15H24O. The van der Waals surface area contributed by atoms with Crippen molar-refractivity contribution in [1.82, 2.24) is 0 Å². The molecule has 3 saturated carbocycles. The fraction of sp³-hybridized carbons (Fsp3) is 0.867. The van der Waals surface area contributed by atoms with Crippen molar-refractivity contribution in [2.45, 2.75) is 45.4 Å². The predicted octanol–water partition coefficient (Wildman–Crippen LogP) is 3.39. The van der Waals surface area contributed by atoms with Gasteiger partial charge in [-0.2, -0.15) is 0 Å². The molecule has 0 aromatic carbocycles. The maximum atomic E-state index is 9.40. The molecule has 3 aliphatic carbocycles. The van der Waals surface area contributed by atoms with Gasteiger partial charge in [-0.05, 0) is 54.8 Å². The van der Waals surface area contributed by atoms with Crippen molar-refractivity contribution < 1.29 is 5.11 Å². The van der Waals surface area contributed by atoms with E-state index in [4.69, 9.17) is 0 Å². The van der Waals surface area contributed by atoms with Gasteiger partial charge in [-0.15, -0.1) is 0 Å². The van der Waals surface area contributed by atoms with Crippen LogP contribution in [0.15, 0.2) is 12.2 Å². The zero-order valence-electron chi connectivity index (χ0n) is 10.4. The van der Waals surface area contributed by atoms with Gasteiger partial charge in [0.2, 0.25) is 0 Å². The summed E-state index contributed by atoms with van der Waals surface area (Å²) in [6, 6.07) is 0. The minimum Gasteiger partial charge on any atom is -0.396 e. The third-order valence-electron chi connectivity index (χ3n) is 6.12. The van der Waals surface area contributed by atoms with Crippen molar-refractivity contribution in [1.29, 1.82) is 0 Å². The van der Waals surface area contributed by atoms with Gasteiger partial charge in [-0.3, -0.25) is 0 Å². The van der Waals surface area contributed by atoms with Crippen LogP contribution in [-0.4, -0.2) is 11.7 Å². The van der Waals surface area contributed by atoms with E-state index in [9.17, 15) is 5.11 Å². The van der Waals surface area contributed by atoms with Crippen LogP contribution in [0.25, 0.3) is 0 Å². The predicted molar refractivity (Wildman–Crippen MR) is 66.0 cm³/mol. The lowest BCUT2D eigenvalue weighted by molar-refractivity contribution is 0.112. The fourth-order valence-corrected chi connectivity index (χ4v) is 5.03. The zero-order valence-corrected chi connectivity index (χ0v) is 10.4. The molecule has 0 saturated heterocycles. The number of hydrogen-bond donors (Lipinski definition) is 1. The van der Waals surface area contributed by atoms with E-state index >= 15 is 0 Å². The highest BCUT2D eigenvalue weighted by molar-refractivity contribution is 5.27. The van der Waals surface area contributed by atoms with E-state index in [0.29, 0.717) is 23.9 Å². The number of fused-ring (bicyclic) bond motifs is 2. The Morgan fingerprint density at radius 2 is 1.94 bits per heavy atom. The van der Waals surface area contributed by atoms with Crippen LogP contribution < -0.4 is 0 Å². The molecule has 0 radical (unpaired) electrons. The molecule has 3 rings (SSSR count). The van der Waals surface area contributed by atoms with Crippen molar-refractivity contribution in [2.75, 3.05) is 6.61 Å². The summed E-state index contributed by atoms with van der Waals surface area (Å²) in [4.78, 5) is 0. The third-order valence-corrected chi connectivity index (χ3v) is 6.12. The van der Waals surface area contributed by atoms with Crippen molar-refractivity contribution >= 4 is 0 Å². The Hall–Kier alpha value is -0.300. The number of aliphatic hydroxyl groups is 1. The summed E-state index contributed by atoms with van der Waals surface area (Å²) >= 11 is 0. The molecule has 0 amide bonds. The van der Waals surface area contributed by atoms with Crippen molar-refractivity contribution in [2.24, 2.45) is 29.1 Å². The lowest BCUT2D eigenvalue weighted by Gasteiger charge is -2.43. The monoisotopic (exact) mass is 220 g/mol. The van der Waals surface area contributed by atoms with E-state index in [1.807, 2.05) is 0 Å². The summed E-state index contributed by atoms with van der Waals surface area (Å²) in [6.45, 7) is 7.27. The fourth-order valence-electron chi connectivity index (χ4n) is 5.03. The highest BCUT2D eigenvalue weighted by Crippen LogP contribution is 2.65. The molecule has 90 valence electrons. The number of aliphatic hydroxyl groups excluding tert-OH is 1. The molecule has 0 aromatic rings.